The van der Waals surface area contributed by atoms with E-state index in [1.54, 1.807) is 23.1 Å². The standard InChI is InChI=1S/C28H36N4O3/c1-3-18(2)25-27(34)31-23-15-22(26(33)30-17-20-9-7-8-19(14-20)16-29)12-13-24(23)32(25)28(35)21-10-5-4-6-11-21/h7-9,12-15,18,21,25H,3-6,10-11,16-17,29H2,1-2H3,(H,30,33)(H,31,34). The van der Waals surface area contributed by atoms with Crippen LogP contribution < -0.4 is 21.3 Å². The van der Waals surface area contributed by atoms with Crippen molar-refractivity contribution in [3.63, 3.8) is 0 Å². The molecule has 1 saturated carbocycles. The number of amides is 3. The maximum atomic E-state index is 13.7. The van der Waals surface area contributed by atoms with Gasteiger partial charge in [-0.15, -0.1) is 0 Å². The van der Waals surface area contributed by atoms with Gasteiger partial charge in [-0.25, -0.2) is 0 Å². The minimum Gasteiger partial charge on any atom is -0.348 e. The van der Waals surface area contributed by atoms with Gasteiger partial charge in [0, 0.05) is 24.6 Å². The van der Waals surface area contributed by atoms with Crippen molar-refractivity contribution < 1.29 is 14.4 Å². The lowest BCUT2D eigenvalue weighted by atomic mass is 9.86. The monoisotopic (exact) mass is 476 g/mol. The Labute approximate surface area is 207 Å². The Morgan fingerprint density at radius 3 is 2.57 bits per heavy atom. The molecule has 7 heteroatoms. The van der Waals surface area contributed by atoms with Crippen molar-refractivity contribution in [2.45, 2.75) is 71.5 Å². The molecule has 1 fully saturated rings. The minimum atomic E-state index is -0.545. The fourth-order valence-electron chi connectivity index (χ4n) is 5.15. The molecule has 186 valence electrons. The summed E-state index contributed by atoms with van der Waals surface area (Å²) >= 11 is 0. The van der Waals surface area contributed by atoms with E-state index in [1.165, 1.54) is 0 Å². The van der Waals surface area contributed by atoms with Gasteiger partial charge < -0.3 is 16.4 Å². The van der Waals surface area contributed by atoms with Gasteiger partial charge >= 0.3 is 0 Å². The topological polar surface area (TPSA) is 105 Å². The van der Waals surface area contributed by atoms with Gasteiger partial charge in [-0.2, -0.15) is 0 Å². The highest BCUT2D eigenvalue weighted by atomic mass is 16.2. The maximum Gasteiger partial charge on any atom is 0.251 e. The van der Waals surface area contributed by atoms with Crippen molar-refractivity contribution >= 4 is 29.1 Å². The molecule has 2 aromatic rings. The highest BCUT2D eigenvalue weighted by Crippen LogP contribution is 2.38. The van der Waals surface area contributed by atoms with Crippen LogP contribution in [0.15, 0.2) is 42.5 Å². The van der Waals surface area contributed by atoms with Crippen LogP contribution in [0.5, 0.6) is 0 Å². The Morgan fingerprint density at radius 2 is 1.86 bits per heavy atom. The SMILES string of the molecule is CCC(C)C1C(=O)Nc2cc(C(=O)NCc3cccc(CN)c3)ccc2N1C(=O)C1CCCCC1. The van der Waals surface area contributed by atoms with Crippen LogP contribution in [0.25, 0.3) is 0 Å². The molecule has 2 aliphatic rings. The zero-order chi connectivity index (χ0) is 24.9. The Balaban J connectivity index is 1.58. The van der Waals surface area contributed by atoms with E-state index in [9.17, 15) is 14.4 Å². The number of nitrogens with zero attached hydrogens (tertiary/aromatic N) is 1. The first-order chi connectivity index (χ1) is 16.9. The third-order valence-electron chi connectivity index (χ3n) is 7.38. The normalized spacial score (nSPS) is 19.0. The molecule has 4 N–H and O–H groups in total. The molecule has 35 heavy (non-hydrogen) atoms. The molecule has 1 heterocycles. The number of carbonyl (C=O) groups excluding carboxylic acids is 3. The largest absolute Gasteiger partial charge is 0.348 e. The summed E-state index contributed by atoms with van der Waals surface area (Å²) in [5.41, 5.74) is 9.31. The molecule has 0 aromatic heterocycles. The van der Waals surface area contributed by atoms with Gasteiger partial charge in [-0.05, 0) is 48.1 Å². The number of carbonyl (C=O) groups is 3. The highest BCUT2D eigenvalue weighted by Gasteiger charge is 2.42. The Hall–Kier alpha value is -3.19. The van der Waals surface area contributed by atoms with E-state index in [4.69, 9.17) is 5.73 Å². The lowest BCUT2D eigenvalue weighted by Crippen LogP contribution is -2.55. The first-order valence-corrected chi connectivity index (χ1v) is 12.8. The van der Waals surface area contributed by atoms with Crippen LogP contribution >= 0.6 is 0 Å². The third kappa shape index (κ3) is 5.40. The van der Waals surface area contributed by atoms with Crippen molar-refractivity contribution in [2.24, 2.45) is 17.6 Å². The fourth-order valence-corrected chi connectivity index (χ4v) is 5.15. The zero-order valence-corrected chi connectivity index (χ0v) is 20.7. The molecular weight excluding hydrogens is 440 g/mol. The average molecular weight is 477 g/mol. The summed E-state index contributed by atoms with van der Waals surface area (Å²) in [5.74, 6) is -0.436. The van der Waals surface area contributed by atoms with Gasteiger partial charge in [0.25, 0.3) is 5.91 Å². The summed E-state index contributed by atoms with van der Waals surface area (Å²) in [4.78, 5) is 41.5. The molecule has 0 radical (unpaired) electrons. The van der Waals surface area contributed by atoms with Crippen molar-refractivity contribution in [3.05, 3.63) is 59.2 Å². The lowest BCUT2D eigenvalue weighted by Gasteiger charge is -2.41. The zero-order valence-electron chi connectivity index (χ0n) is 20.7. The number of nitrogens with two attached hydrogens (primary N) is 1. The number of nitrogens with one attached hydrogen (secondary N) is 2. The number of hydrogen-bond donors (Lipinski definition) is 3. The number of fused-ring (bicyclic) bond motifs is 1. The molecule has 0 saturated heterocycles. The van der Waals surface area contributed by atoms with Gasteiger partial charge in [0.05, 0.1) is 11.4 Å². The summed E-state index contributed by atoms with van der Waals surface area (Å²) < 4.78 is 0. The van der Waals surface area contributed by atoms with Gasteiger partial charge in [0.2, 0.25) is 11.8 Å². The second-order valence-corrected chi connectivity index (χ2v) is 9.80. The van der Waals surface area contributed by atoms with Crippen LogP contribution in [-0.2, 0) is 22.7 Å². The molecule has 0 spiro atoms. The number of rotatable bonds is 7. The summed E-state index contributed by atoms with van der Waals surface area (Å²) in [7, 11) is 0. The smallest absolute Gasteiger partial charge is 0.251 e. The maximum absolute atomic E-state index is 13.7. The highest BCUT2D eigenvalue weighted by molar-refractivity contribution is 6.13. The molecule has 0 bridgehead atoms. The van der Waals surface area contributed by atoms with E-state index in [0.29, 0.717) is 30.0 Å². The molecule has 1 aliphatic heterocycles. The van der Waals surface area contributed by atoms with Crippen molar-refractivity contribution in [3.8, 4) is 0 Å². The van der Waals surface area contributed by atoms with Crippen molar-refractivity contribution in [2.75, 3.05) is 10.2 Å². The molecule has 4 rings (SSSR count). The number of benzene rings is 2. The van der Waals surface area contributed by atoms with E-state index in [-0.39, 0.29) is 29.6 Å². The predicted octanol–water partition coefficient (Wildman–Crippen LogP) is 4.36. The first kappa shape index (κ1) is 24.9. The van der Waals surface area contributed by atoms with Crippen LogP contribution in [0.3, 0.4) is 0 Å². The van der Waals surface area contributed by atoms with E-state index < -0.39 is 6.04 Å². The van der Waals surface area contributed by atoms with Crippen LogP contribution in [0.4, 0.5) is 11.4 Å². The summed E-state index contributed by atoms with van der Waals surface area (Å²) in [6, 6.07) is 12.4. The minimum absolute atomic E-state index is 0.0166. The van der Waals surface area contributed by atoms with E-state index in [1.807, 2.05) is 38.1 Å². The van der Waals surface area contributed by atoms with Crippen LogP contribution in [0.1, 0.15) is 73.9 Å². The Kier molecular flexibility index (Phi) is 7.86. The summed E-state index contributed by atoms with van der Waals surface area (Å²) in [6.07, 6.45) is 5.77. The van der Waals surface area contributed by atoms with E-state index in [0.717, 1.165) is 49.7 Å². The van der Waals surface area contributed by atoms with Crippen LogP contribution in [0, 0.1) is 11.8 Å². The average Bonchev–Trinajstić information content (AvgIpc) is 2.90. The summed E-state index contributed by atoms with van der Waals surface area (Å²) in [5, 5.41) is 5.90. The first-order valence-electron chi connectivity index (χ1n) is 12.8. The Morgan fingerprint density at radius 1 is 1.11 bits per heavy atom. The third-order valence-corrected chi connectivity index (χ3v) is 7.38. The summed E-state index contributed by atoms with van der Waals surface area (Å²) in [6.45, 7) is 4.86. The van der Waals surface area contributed by atoms with E-state index >= 15 is 0 Å². The quantitative estimate of drug-likeness (QED) is 0.552. The molecule has 2 unspecified atom stereocenters. The van der Waals surface area contributed by atoms with E-state index in [2.05, 4.69) is 10.6 Å². The van der Waals surface area contributed by atoms with Crippen molar-refractivity contribution in [1.29, 1.82) is 0 Å². The molecule has 2 atom stereocenters. The second-order valence-electron chi connectivity index (χ2n) is 9.80. The molecule has 2 aromatic carbocycles. The van der Waals surface area contributed by atoms with Gasteiger partial charge in [0.15, 0.2) is 0 Å². The molecule has 7 nitrogen and oxygen atoms in total. The fraction of sp³-hybridized carbons (Fsp3) is 0.464. The molecule has 3 amide bonds. The van der Waals surface area contributed by atoms with Gasteiger partial charge in [0.1, 0.15) is 6.04 Å². The van der Waals surface area contributed by atoms with Crippen LogP contribution in [0.2, 0.25) is 0 Å². The Bertz CT molecular complexity index is 1090. The molecule has 1 aliphatic carbocycles. The van der Waals surface area contributed by atoms with Gasteiger partial charge in [-0.1, -0.05) is 63.8 Å². The van der Waals surface area contributed by atoms with Gasteiger partial charge in [-0.3, -0.25) is 19.3 Å². The predicted molar refractivity (Wildman–Crippen MR) is 138 cm³/mol. The lowest BCUT2D eigenvalue weighted by molar-refractivity contribution is -0.128. The number of anilines is 2. The molecular formula is C28H36N4O3. The number of hydrogen-bond acceptors (Lipinski definition) is 4. The second kappa shape index (κ2) is 11.0. The van der Waals surface area contributed by atoms with Crippen molar-refractivity contribution in [1.82, 2.24) is 5.32 Å². The van der Waals surface area contributed by atoms with Crippen LogP contribution in [-0.4, -0.2) is 23.8 Å².